The summed E-state index contributed by atoms with van der Waals surface area (Å²) in [6.45, 7) is 3.47. The summed E-state index contributed by atoms with van der Waals surface area (Å²) in [5, 5.41) is 3.95. The van der Waals surface area contributed by atoms with Crippen LogP contribution in [0.15, 0.2) is 88.9 Å². The number of amides is 1. The van der Waals surface area contributed by atoms with E-state index in [-0.39, 0.29) is 4.90 Å². The molecular formula is C23H23N3O3S. The van der Waals surface area contributed by atoms with Crippen molar-refractivity contribution in [2.45, 2.75) is 18.7 Å². The van der Waals surface area contributed by atoms with Gasteiger partial charge in [-0.15, -0.1) is 0 Å². The van der Waals surface area contributed by atoms with E-state index in [2.05, 4.69) is 10.5 Å². The van der Waals surface area contributed by atoms with Crippen LogP contribution in [0.5, 0.6) is 0 Å². The molecule has 0 aromatic heterocycles. The maximum atomic E-state index is 13.2. The van der Waals surface area contributed by atoms with Crippen LogP contribution in [0.4, 0.5) is 5.69 Å². The quantitative estimate of drug-likeness (QED) is 0.467. The molecule has 154 valence electrons. The first kappa shape index (κ1) is 21.3. The van der Waals surface area contributed by atoms with Gasteiger partial charge in [0.05, 0.1) is 16.8 Å². The van der Waals surface area contributed by atoms with E-state index in [9.17, 15) is 13.2 Å². The normalized spacial score (nSPS) is 11.4. The standard InChI is InChI=1S/C23H23N3O3S/c1-18-11-13-21(14-12-18)26(30(28,29)22-9-4-3-5-10-22)17-23(27)25-24-16-20-8-6-7-19(2)15-20/h3-16H,17H2,1-2H3,(H,25,27)/b24-16+. The minimum absolute atomic E-state index is 0.113. The number of nitrogens with one attached hydrogen (secondary N) is 1. The molecule has 0 saturated carbocycles. The highest BCUT2D eigenvalue weighted by Crippen LogP contribution is 2.23. The van der Waals surface area contributed by atoms with Gasteiger partial charge in [-0.2, -0.15) is 5.10 Å². The highest BCUT2D eigenvalue weighted by molar-refractivity contribution is 7.92. The summed E-state index contributed by atoms with van der Waals surface area (Å²) in [4.78, 5) is 12.6. The van der Waals surface area contributed by atoms with Gasteiger partial charge >= 0.3 is 0 Å². The lowest BCUT2D eigenvalue weighted by Gasteiger charge is -2.23. The zero-order chi connectivity index (χ0) is 21.6. The van der Waals surface area contributed by atoms with Crippen molar-refractivity contribution in [3.8, 4) is 0 Å². The van der Waals surface area contributed by atoms with Crippen molar-refractivity contribution >= 4 is 27.8 Å². The van der Waals surface area contributed by atoms with Crippen LogP contribution < -0.4 is 9.73 Å². The van der Waals surface area contributed by atoms with Crippen molar-refractivity contribution < 1.29 is 13.2 Å². The number of hydrogen-bond acceptors (Lipinski definition) is 4. The van der Waals surface area contributed by atoms with Crippen LogP contribution in [0.25, 0.3) is 0 Å². The molecule has 0 heterocycles. The summed E-state index contributed by atoms with van der Waals surface area (Å²) < 4.78 is 27.5. The van der Waals surface area contributed by atoms with E-state index in [1.54, 1.807) is 42.5 Å². The van der Waals surface area contributed by atoms with Gasteiger partial charge in [0, 0.05) is 0 Å². The highest BCUT2D eigenvalue weighted by Gasteiger charge is 2.26. The third kappa shape index (κ3) is 5.33. The van der Waals surface area contributed by atoms with Gasteiger partial charge in [0.2, 0.25) is 0 Å². The lowest BCUT2D eigenvalue weighted by Crippen LogP contribution is -2.39. The molecule has 3 rings (SSSR count). The second kappa shape index (κ2) is 9.37. The first-order valence-corrected chi connectivity index (χ1v) is 10.8. The van der Waals surface area contributed by atoms with Crippen molar-refractivity contribution in [1.29, 1.82) is 0 Å². The Hall–Kier alpha value is -3.45. The fourth-order valence-corrected chi connectivity index (χ4v) is 4.28. The second-order valence-electron chi connectivity index (χ2n) is 6.87. The molecule has 0 atom stereocenters. The minimum Gasteiger partial charge on any atom is -0.271 e. The van der Waals surface area contributed by atoms with Gasteiger partial charge in [0.15, 0.2) is 0 Å². The number of hydrazone groups is 1. The Morgan fingerprint density at radius 1 is 0.933 bits per heavy atom. The Balaban J connectivity index is 1.82. The molecule has 0 radical (unpaired) electrons. The molecule has 0 aliphatic heterocycles. The minimum atomic E-state index is -3.92. The molecule has 3 aromatic carbocycles. The number of benzene rings is 3. The number of hydrogen-bond donors (Lipinski definition) is 1. The molecule has 1 amide bonds. The Morgan fingerprint density at radius 3 is 2.30 bits per heavy atom. The average Bonchev–Trinajstić information content (AvgIpc) is 2.73. The number of rotatable bonds is 7. The van der Waals surface area contributed by atoms with E-state index in [4.69, 9.17) is 0 Å². The second-order valence-corrected chi connectivity index (χ2v) is 8.73. The maximum absolute atomic E-state index is 13.2. The summed E-state index contributed by atoms with van der Waals surface area (Å²) in [6.07, 6.45) is 1.52. The van der Waals surface area contributed by atoms with E-state index >= 15 is 0 Å². The van der Waals surface area contributed by atoms with E-state index in [0.29, 0.717) is 5.69 Å². The van der Waals surface area contributed by atoms with Crippen molar-refractivity contribution in [2.24, 2.45) is 5.10 Å². The van der Waals surface area contributed by atoms with Crippen LogP contribution in [0.1, 0.15) is 16.7 Å². The van der Waals surface area contributed by atoms with Gasteiger partial charge in [-0.05, 0) is 43.7 Å². The van der Waals surface area contributed by atoms with Crippen molar-refractivity contribution in [2.75, 3.05) is 10.8 Å². The molecular weight excluding hydrogens is 398 g/mol. The van der Waals surface area contributed by atoms with E-state index in [0.717, 1.165) is 21.0 Å². The molecule has 0 spiro atoms. The monoisotopic (exact) mass is 421 g/mol. The topological polar surface area (TPSA) is 78.8 Å². The van der Waals surface area contributed by atoms with Gasteiger partial charge < -0.3 is 0 Å². The van der Waals surface area contributed by atoms with Crippen LogP contribution in [0.3, 0.4) is 0 Å². The fourth-order valence-electron chi connectivity index (χ4n) is 2.84. The van der Waals surface area contributed by atoms with Gasteiger partial charge in [0.1, 0.15) is 6.54 Å². The smallest absolute Gasteiger partial charge is 0.264 e. The number of nitrogens with zero attached hydrogens (tertiary/aromatic N) is 2. The summed E-state index contributed by atoms with van der Waals surface area (Å²) >= 11 is 0. The van der Waals surface area contributed by atoms with Crippen LogP contribution >= 0.6 is 0 Å². The van der Waals surface area contributed by atoms with Crippen LogP contribution in [-0.4, -0.2) is 27.1 Å². The number of sulfonamides is 1. The van der Waals surface area contributed by atoms with Gasteiger partial charge in [-0.1, -0.05) is 65.7 Å². The third-order valence-electron chi connectivity index (χ3n) is 4.39. The molecule has 0 fully saturated rings. The van der Waals surface area contributed by atoms with Crippen molar-refractivity contribution in [3.63, 3.8) is 0 Å². The number of carbonyl (C=O) groups is 1. The first-order chi connectivity index (χ1) is 14.4. The van der Waals surface area contributed by atoms with Crippen LogP contribution in [-0.2, 0) is 14.8 Å². The summed E-state index contributed by atoms with van der Waals surface area (Å²) in [7, 11) is -3.92. The SMILES string of the molecule is Cc1ccc(N(CC(=O)N/N=C/c2cccc(C)c2)S(=O)(=O)c2ccccc2)cc1. The molecule has 1 N–H and O–H groups in total. The largest absolute Gasteiger partial charge is 0.271 e. The molecule has 6 nitrogen and oxygen atoms in total. The predicted octanol–water partition coefficient (Wildman–Crippen LogP) is 3.65. The Bertz CT molecular complexity index is 1140. The molecule has 7 heteroatoms. The van der Waals surface area contributed by atoms with Crippen molar-refractivity contribution in [1.82, 2.24) is 5.43 Å². The van der Waals surface area contributed by atoms with E-state index in [1.165, 1.54) is 18.3 Å². The molecule has 0 saturated heterocycles. The zero-order valence-corrected chi connectivity index (χ0v) is 17.6. The number of carbonyl (C=O) groups excluding carboxylic acids is 1. The highest BCUT2D eigenvalue weighted by atomic mass is 32.2. The van der Waals surface area contributed by atoms with Gasteiger partial charge in [0.25, 0.3) is 15.9 Å². The molecule has 0 unspecified atom stereocenters. The molecule has 0 aliphatic rings. The molecule has 30 heavy (non-hydrogen) atoms. The van der Waals surface area contributed by atoms with Crippen LogP contribution in [0, 0.1) is 13.8 Å². The van der Waals surface area contributed by atoms with Gasteiger partial charge in [-0.3, -0.25) is 9.10 Å². The van der Waals surface area contributed by atoms with Crippen molar-refractivity contribution in [3.05, 3.63) is 95.6 Å². The summed E-state index contributed by atoms with van der Waals surface area (Å²) in [6, 6.07) is 22.6. The third-order valence-corrected chi connectivity index (χ3v) is 6.17. The summed E-state index contributed by atoms with van der Waals surface area (Å²) in [5.74, 6) is -0.543. The molecule has 0 aliphatic carbocycles. The predicted molar refractivity (Wildman–Crippen MR) is 119 cm³/mol. The molecule has 0 bridgehead atoms. The molecule has 3 aromatic rings. The maximum Gasteiger partial charge on any atom is 0.264 e. The fraction of sp³-hybridized carbons (Fsp3) is 0.130. The summed E-state index contributed by atoms with van der Waals surface area (Å²) in [5.41, 5.74) is 5.71. The Kier molecular flexibility index (Phi) is 6.64. The van der Waals surface area contributed by atoms with E-state index < -0.39 is 22.5 Å². The zero-order valence-electron chi connectivity index (χ0n) is 16.8. The number of anilines is 1. The first-order valence-electron chi connectivity index (χ1n) is 9.39. The van der Waals surface area contributed by atoms with Gasteiger partial charge in [-0.25, -0.2) is 13.8 Å². The Labute approximate surface area is 176 Å². The number of aryl methyl sites for hydroxylation is 2. The lowest BCUT2D eigenvalue weighted by atomic mass is 10.2. The Morgan fingerprint density at radius 2 is 1.63 bits per heavy atom. The van der Waals surface area contributed by atoms with E-state index in [1.807, 2.05) is 38.1 Å². The lowest BCUT2D eigenvalue weighted by molar-refractivity contribution is -0.119. The van der Waals surface area contributed by atoms with Crippen LogP contribution in [0.2, 0.25) is 0 Å². The average molecular weight is 422 g/mol.